The van der Waals surface area contributed by atoms with E-state index < -0.39 is 0 Å². The fourth-order valence-corrected chi connectivity index (χ4v) is 0. The molecule has 0 aromatic heterocycles. The van der Waals surface area contributed by atoms with Gasteiger partial charge in [-0.15, -0.1) is 0 Å². The van der Waals surface area contributed by atoms with E-state index in [-0.39, 0.29) is 147 Å². The first-order chi connectivity index (χ1) is 0. The molecule has 6 heteroatoms. The molecule has 32 valence electrons. The number of halogens is 4. The summed E-state index contributed by atoms with van der Waals surface area (Å²) < 4.78 is 0. The van der Waals surface area contributed by atoms with Gasteiger partial charge in [-0.25, -0.2) is 0 Å². The molecule has 0 amide bonds. The number of rotatable bonds is 0. The van der Waals surface area contributed by atoms with Crippen LogP contribution in [0, 0.1) is 0 Å². The molecule has 0 aliphatic rings. The monoisotopic (exact) mass is 416 g/mol. The number of hydrogen-bond donors (Lipinski definition) is 0. The summed E-state index contributed by atoms with van der Waals surface area (Å²) in [6, 6.07) is 0. The summed E-state index contributed by atoms with van der Waals surface area (Å²) in [5, 5.41) is 0. The molecule has 0 aliphatic carbocycles. The first kappa shape index (κ1) is 48.2. The van der Waals surface area contributed by atoms with Gasteiger partial charge in [-0.1, -0.05) is 0 Å². The van der Waals surface area contributed by atoms with Crippen molar-refractivity contribution in [2.45, 2.75) is 0 Å². The molecule has 0 atom stereocenters. The van der Waals surface area contributed by atoms with E-state index in [4.69, 9.17) is 0 Å². The molecule has 0 saturated heterocycles. The fraction of sp³-hybridized carbons (Fsp3) is 0. The quantitative estimate of drug-likeness (QED) is 0.344. The van der Waals surface area contributed by atoms with E-state index in [9.17, 15) is 0 Å². The second-order valence-electron chi connectivity index (χ2n) is 0. The first-order valence-electron chi connectivity index (χ1n) is 0. The van der Waals surface area contributed by atoms with E-state index in [1.807, 2.05) is 0 Å². The van der Waals surface area contributed by atoms with Crippen molar-refractivity contribution in [3.8, 4) is 0 Å². The van der Waals surface area contributed by atoms with Gasteiger partial charge in [0.2, 0.25) is 0 Å². The van der Waals surface area contributed by atoms with Crippen molar-refractivity contribution in [2.24, 2.45) is 0 Å². The molecule has 0 bridgehead atoms. The van der Waals surface area contributed by atoms with Gasteiger partial charge in [0.05, 0.1) is 0 Å². The molecule has 0 radical (unpaired) electrons. The average Bonchev–Trinajstić information content (AvgIpc) is 0. The summed E-state index contributed by atoms with van der Waals surface area (Å²) in [5.74, 6) is 0. The van der Waals surface area contributed by atoms with Crippen molar-refractivity contribution in [3.63, 3.8) is 0 Å². The summed E-state index contributed by atoms with van der Waals surface area (Å²) in [5.41, 5.74) is 0. The molecule has 0 aliphatic heterocycles. The summed E-state index contributed by atoms with van der Waals surface area (Å²) in [7, 11) is 0. The minimum Gasteiger partial charge on any atom is -1.00 e. The van der Waals surface area contributed by atoms with Gasteiger partial charge in [0.25, 0.3) is 0 Å². The van der Waals surface area contributed by atoms with Gasteiger partial charge in [-0.3, -0.25) is 0 Å². The second kappa shape index (κ2) is 34.6. The molecular weight excluding hydrogens is 416 g/mol. The summed E-state index contributed by atoms with van der Waals surface area (Å²) in [4.78, 5) is 0. The molecule has 0 N–H and O–H groups in total. The normalized spacial score (nSPS) is 0. The predicted molar refractivity (Wildman–Crippen MR) is 11.5 cm³/mol. The van der Waals surface area contributed by atoms with Crippen LogP contribution in [0.5, 0.6) is 0 Å². The van der Waals surface area contributed by atoms with Crippen molar-refractivity contribution in [1.29, 1.82) is 0 Å². The van der Waals surface area contributed by atoms with Gasteiger partial charge in [-0.2, -0.15) is 0 Å². The molecule has 0 spiro atoms. The summed E-state index contributed by atoms with van der Waals surface area (Å²) >= 11 is 0. The minimum atomic E-state index is 0. The Kier molecular flexibility index (Phi) is 278. The Bertz CT molecular complexity index is 5.51. The SMILES string of the molecule is [Ba+2].[Ba+2].[Cl-].[Cl-].[Cl-].[Cl-]. The van der Waals surface area contributed by atoms with Crippen LogP contribution in [-0.2, 0) is 0 Å². The van der Waals surface area contributed by atoms with Gasteiger partial charge in [0.15, 0.2) is 0 Å². The molecule has 0 aromatic carbocycles. The molecular formula is Ba2Cl4. The van der Waals surface area contributed by atoms with Crippen LogP contribution in [0.1, 0.15) is 0 Å². The summed E-state index contributed by atoms with van der Waals surface area (Å²) in [6.45, 7) is 0. The third-order valence-electron chi connectivity index (χ3n) is 0. The van der Waals surface area contributed by atoms with Crippen LogP contribution in [0.4, 0.5) is 0 Å². The summed E-state index contributed by atoms with van der Waals surface area (Å²) in [6.07, 6.45) is 0. The Labute approximate surface area is 143 Å². The van der Waals surface area contributed by atoms with Crippen molar-refractivity contribution >= 4 is 97.8 Å². The zero-order chi connectivity index (χ0) is 0. The van der Waals surface area contributed by atoms with E-state index in [1.165, 1.54) is 0 Å². The maximum Gasteiger partial charge on any atom is 2.00 e. The molecule has 0 heterocycles. The van der Waals surface area contributed by atoms with E-state index >= 15 is 0 Å². The maximum absolute atomic E-state index is 0. The van der Waals surface area contributed by atoms with Crippen LogP contribution in [0.15, 0.2) is 0 Å². The van der Waals surface area contributed by atoms with Gasteiger partial charge in [0.1, 0.15) is 0 Å². The number of hydrogen-bond acceptors (Lipinski definition) is 0. The van der Waals surface area contributed by atoms with Crippen LogP contribution in [0.25, 0.3) is 0 Å². The van der Waals surface area contributed by atoms with Crippen molar-refractivity contribution in [2.75, 3.05) is 0 Å². The van der Waals surface area contributed by atoms with E-state index in [2.05, 4.69) is 0 Å². The van der Waals surface area contributed by atoms with Crippen molar-refractivity contribution in [1.82, 2.24) is 0 Å². The molecule has 0 fully saturated rings. The molecule has 0 unspecified atom stereocenters. The second-order valence-corrected chi connectivity index (χ2v) is 0. The van der Waals surface area contributed by atoms with E-state index in [0.29, 0.717) is 0 Å². The third kappa shape index (κ3) is 23.9. The molecule has 0 rings (SSSR count). The first-order valence-corrected chi connectivity index (χ1v) is 0. The van der Waals surface area contributed by atoms with Crippen LogP contribution in [-0.4, -0.2) is 97.8 Å². The average molecular weight is 416 g/mol. The van der Waals surface area contributed by atoms with Crippen molar-refractivity contribution < 1.29 is 49.6 Å². The zero-order valence-electron chi connectivity index (χ0n) is 2.93. The predicted octanol–water partition coefficient (Wildman–Crippen LogP) is -12.7. The van der Waals surface area contributed by atoms with E-state index in [0.717, 1.165) is 0 Å². The Balaban J connectivity index is 0. The fourth-order valence-electron chi connectivity index (χ4n) is 0. The smallest absolute Gasteiger partial charge is 1.00 e. The van der Waals surface area contributed by atoms with Crippen LogP contribution in [0.3, 0.4) is 0 Å². The van der Waals surface area contributed by atoms with Gasteiger partial charge in [-0.05, 0) is 0 Å². The standard InChI is InChI=1S/2Ba.4ClH/h;;4*1H/q2*+2;;;;/p-4. The van der Waals surface area contributed by atoms with Crippen LogP contribution < -0.4 is 49.6 Å². The Morgan fingerprint density at radius 3 is 0.333 bits per heavy atom. The molecule has 0 saturated carbocycles. The molecule has 0 nitrogen and oxygen atoms in total. The maximum atomic E-state index is 0. The molecule has 6 heavy (non-hydrogen) atoms. The van der Waals surface area contributed by atoms with Gasteiger partial charge < -0.3 is 49.6 Å². The Morgan fingerprint density at radius 1 is 0.333 bits per heavy atom. The van der Waals surface area contributed by atoms with E-state index in [1.54, 1.807) is 0 Å². The van der Waals surface area contributed by atoms with Crippen molar-refractivity contribution in [3.05, 3.63) is 0 Å². The van der Waals surface area contributed by atoms with Crippen LogP contribution >= 0.6 is 0 Å². The largest absolute Gasteiger partial charge is 2.00 e. The van der Waals surface area contributed by atoms with Gasteiger partial charge in [0, 0.05) is 0 Å². The topological polar surface area (TPSA) is 0 Å². The van der Waals surface area contributed by atoms with Gasteiger partial charge >= 0.3 is 97.8 Å². The zero-order valence-corrected chi connectivity index (χ0v) is 14.8. The Hall–Kier alpha value is 4.30. The minimum absolute atomic E-state index is 0. The molecule has 0 aromatic rings. The third-order valence-corrected chi connectivity index (χ3v) is 0. The Morgan fingerprint density at radius 2 is 0.333 bits per heavy atom. The van der Waals surface area contributed by atoms with Crippen LogP contribution in [0.2, 0.25) is 0 Å².